The number of nitrogens with one attached hydrogen (secondary N) is 2. The predicted octanol–water partition coefficient (Wildman–Crippen LogP) is 4.32. The van der Waals surface area contributed by atoms with Crippen molar-refractivity contribution in [3.8, 4) is 0 Å². The monoisotopic (exact) mass is 330 g/mol. The minimum Gasteiger partial charge on any atom is -0.459 e. The van der Waals surface area contributed by atoms with Crippen LogP contribution in [0.25, 0.3) is 10.9 Å². The van der Waals surface area contributed by atoms with Gasteiger partial charge in [0, 0.05) is 29.6 Å². The SMILES string of the molecule is O=C(NC[C@H](c1ccccc1)c1c[nH]c2ccccc12)c1ccco1. The molecule has 0 aliphatic rings. The number of fused-ring (bicyclic) bond motifs is 1. The number of hydrogen-bond donors (Lipinski definition) is 2. The molecule has 2 heterocycles. The molecule has 2 aromatic carbocycles. The zero-order chi connectivity index (χ0) is 17.1. The molecule has 0 bridgehead atoms. The number of aromatic amines is 1. The van der Waals surface area contributed by atoms with Gasteiger partial charge in [0.2, 0.25) is 0 Å². The first-order valence-corrected chi connectivity index (χ1v) is 8.25. The van der Waals surface area contributed by atoms with Gasteiger partial charge in [-0.2, -0.15) is 0 Å². The summed E-state index contributed by atoms with van der Waals surface area (Å²) >= 11 is 0. The summed E-state index contributed by atoms with van der Waals surface area (Å²) < 4.78 is 5.18. The van der Waals surface area contributed by atoms with E-state index in [0.717, 1.165) is 11.1 Å². The Balaban J connectivity index is 1.66. The molecule has 0 fully saturated rings. The summed E-state index contributed by atoms with van der Waals surface area (Å²) in [5.41, 5.74) is 3.42. The third-order valence-electron chi connectivity index (χ3n) is 4.41. The van der Waals surface area contributed by atoms with E-state index in [1.54, 1.807) is 12.1 Å². The lowest BCUT2D eigenvalue weighted by molar-refractivity contribution is 0.0925. The summed E-state index contributed by atoms with van der Waals surface area (Å²) in [5.74, 6) is 0.174. The average molecular weight is 330 g/mol. The van der Waals surface area contributed by atoms with E-state index < -0.39 is 0 Å². The van der Waals surface area contributed by atoms with Gasteiger partial charge in [-0.25, -0.2) is 0 Å². The number of carbonyl (C=O) groups excluding carboxylic acids is 1. The van der Waals surface area contributed by atoms with Crippen LogP contribution in [-0.2, 0) is 0 Å². The molecule has 0 aliphatic carbocycles. The summed E-state index contributed by atoms with van der Waals surface area (Å²) in [5, 5.41) is 4.16. The van der Waals surface area contributed by atoms with Crippen molar-refractivity contribution in [3.63, 3.8) is 0 Å². The van der Waals surface area contributed by atoms with Crippen molar-refractivity contribution in [2.24, 2.45) is 0 Å². The third-order valence-corrected chi connectivity index (χ3v) is 4.41. The van der Waals surface area contributed by atoms with Crippen molar-refractivity contribution < 1.29 is 9.21 Å². The lowest BCUT2D eigenvalue weighted by atomic mass is 9.91. The van der Waals surface area contributed by atoms with Gasteiger partial charge in [-0.15, -0.1) is 0 Å². The second-order valence-corrected chi connectivity index (χ2v) is 5.94. The summed E-state index contributed by atoms with van der Waals surface area (Å²) in [7, 11) is 0. The maximum atomic E-state index is 12.3. The lowest BCUT2D eigenvalue weighted by Crippen LogP contribution is -2.28. The van der Waals surface area contributed by atoms with Crippen LogP contribution in [0.4, 0.5) is 0 Å². The minimum absolute atomic E-state index is 0.0521. The Morgan fingerprint density at radius 1 is 1.00 bits per heavy atom. The summed E-state index contributed by atoms with van der Waals surface area (Å²) in [6.45, 7) is 0.491. The van der Waals surface area contributed by atoms with Crippen LogP contribution in [0.15, 0.2) is 83.6 Å². The second kappa shape index (κ2) is 6.69. The highest BCUT2D eigenvalue weighted by Crippen LogP contribution is 2.30. The maximum absolute atomic E-state index is 12.3. The molecule has 2 N–H and O–H groups in total. The highest BCUT2D eigenvalue weighted by molar-refractivity contribution is 5.91. The molecule has 0 saturated heterocycles. The molecule has 1 atom stereocenters. The zero-order valence-electron chi connectivity index (χ0n) is 13.6. The van der Waals surface area contributed by atoms with Gasteiger partial charge in [-0.1, -0.05) is 48.5 Å². The van der Waals surface area contributed by atoms with Crippen molar-refractivity contribution in [2.75, 3.05) is 6.54 Å². The van der Waals surface area contributed by atoms with E-state index in [2.05, 4.69) is 34.6 Å². The molecule has 0 aliphatic heterocycles. The second-order valence-electron chi connectivity index (χ2n) is 5.94. The maximum Gasteiger partial charge on any atom is 0.287 e. The van der Waals surface area contributed by atoms with E-state index in [1.165, 1.54) is 17.2 Å². The van der Waals surface area contributed by atoms with Crippen molar-refractivity contribution in [1.82, 2.24) is 10.3 Å². The number of amides is 1. The van der Waals surface area contributed by atoms with Crippen LogP contribution in [0, 0.1) is 0 Å². The topological polar surface area (TPSA) is 58.0 Å². The Morgan fingerprint density at radius 2 is 1.80 bits per heavy atom. The summed E-state index contributed by atoms with van der Waals surface area (Å²) in [6.07, 6.45) is 3.53. The third kappa shape index (κ3) is 3.06. The van der Waals surface area contributed by atoms with E-state index in [-0.39, 0.29) is 11.8 Å². The predicted molar refractivity (Wildman–Crippen MR) is 97.6 cm³/mol. The first-order chi connectivity index (χ1) is 12.3. The Morgan fingerprint density at radius 3 is 2.60 bits per heavy atom. The first-order valence-electron chi connectivity index (χ1n) is 8.25. The number of rotatable bonds is 5. The molecule has 4 aromatic rings. The Labute approximate surface area is 145 Å². The van der Waals surface area contributed by atoms with E-state index >= 15 is 0 Å². The van der Waals surface area contributed by atoms with Gasteiger partial charge in [-0.05, 0) is 29.3 Å². The fourth-order valence-corrected chi connectivity index (χ4v) is 3.16. The van der Waals surface area contributed by atoms with Gasteiger partial charge in [0.05, 0.1) is 6.26 Å². The molecular formula is C21H18N2O2. The van der Waals surface area contributed by atoms with Crippen molar-refractivity contribution in [2.45, 2.75) is 5.92 Å². The van der Waals surface area contributed by atoms with Crippen LogP contribution in [0.3, 0.4) is 0 Å². The Hall–Kier alpha value is -3.27. The molecule has 25 heavy (non-hydrogen) atoms. The lowest BCUT2D eigenvalue weighted by Gasteiger charge is -2.18. The number of aromatic nitrogens is 1. The smallest absolute Gasteiger partial charge is 0.287 e. The van der Waals surface area contributed by atoms with Crippen LogP contribution < -0.4 is 5.32 Å². The average Bonchev–Trinajstić information content (AvgIpc) is 3.33. The molecule has 0 saturated carbocycles. The van der Waals surface area contributed by atoms with Gasteiger partial charge in [-0.3, -0.25) is 4.79 Å². The molecule has 0 unspecified atom stereocenters. The van der Waals surface area contributed by atoms with Crippen LogP contribution in [0.2, 0.25) is 0 Å². The number of carbonyl (C=O) groups is 1. The standard InChI is InChI=1S/C21H18N2O2/c24-21(20-11-6-12-25-20)23-13-17(15-7-2-1-3-8-15)18-14-22-19-10-5-4-9-16(18)19/h1-12,14,17,22H,13H2,(H,23,24)/t17-/m1/s1. The van der Waals surface area contributed by atoms with E-state index in [1.807, 2.05) is 36.5 Å². The Kier molecular flexibility index (Phi) is 4.09. The molecule has 2 aromatic heterocycles. The van der Waals surface area contributed by atoms with E-state index in [9.17, 15) is 4.79 Å². The largest absolute Gasteiger partial charge is 0.459 e. The normalized spacial score (nSPS) is 12.2. The first kappa shape index (κ1) is 15.3. The van der Waals surface area contributed by atoms with Gasteiger partial charge >= 0.3 is 0 Å². The van der Waals surface area contributed by atoms with E-state index in [4.69, 9.17) is 4.42 Å². The molecule has 124 valence electrons. The molecule has 0 radical (unpaired) electrons. The summed E-state index contributed by atoms with van der Waals surface area (Å²) in [4.78, 5) is 15.6. The fourth-order valence-electron chi connectivity index (χ4n) is 3.16. The van der Waals surface area contributed by atoms with Crippen LogP contribution in [0.1, 0.15) is 27.6 Å². The number of furan rings is 1. The van der Waals surface area contributed by atoms with Gasteiger partial charge in [0.25, 0.3) is 5.91 Å². The molecule has 4 nitrogen and oxygen atoms in total. The van der Waals surface area contributed by atoms with Crippen molar-refractivity contribution in [3.05, 3.63) is 96.1 Å². The zero-order valence-corrected chi connectivity index (χ0v) is 13.6. The number of para-hydroxylation sites is 1. The quantitative estimate of drug-likeness (QED) is 0.572. The number of hydrogen-bond acceptors (Lipinski definition) is 2. The van der Waals surface area contributed by atoms with Crippen molar-refractivity contribution >= 4 is 16.8 Å². The van der Waals surface area contributed by atoms with Crippen molar-refractivity contribution in [1.29, 1.82) is 0 Å². The van der Waals surface area contributed by atoms with Gasteiger partial charge in [0.15, 0.2) is 5.76 Å². The van der Waals surface area contributed by atoms with Crippen LogP contribution in [-0.4, -0.2) is 17.4 Å². The number of benzene rings is 2. The highest BCUT2D eigenvalue weighted by atomic mass is 16.3. The van der Waals surface area contributed by atoms with Crippen LogP contribution in [0.5, 0.6) is 0 Å². The molecule has 4 rings (SSSR count). The molecule has 1 amide bonds. The molecule has 4 heteroatoms. The highest BCUT2D eigenvalue weighted by Gasteiger charge is 2.19. The minimum atomic E-state index is -0.203. The fraction of sp³-hybridized carbons (Fsp3) is 0.0952. The van der Waals surface area contributed by atoms with Gasteiger partial charge < -0.3 is 14.7 Å². The molecular weight excluding hydrogens is 312 g/mol. The summed E-state index contributed by atoms with van der Waals surface area (Å²) in [6, 6.07) is 21.8. The van der Waals surface area contributed by atoms with Crippen LogP contribution >= 0.6 is 0 Å². The molecule has 0 spiro atoms. The number of H-pyrrole nitrogens is 1. The van der Waals surface area contributed by atoms with E-state index in [0.29, 0.717) is 12.3 Å². The Bertz CT molecular complexity index is 971. The van der Waals surface area contributed by atoms with Gasteiger partial charge in [0.1, 0.15) is 0 Å².